The van der Waals surface area contributed by atoms with Crippen LogP contribution in [0.3, 0.4) is 0 Å². The van der Waals surface area contributed by atoms with Crippen LogP contribution in [0.5, 0.6) is 0 Å². The summed E-state index contributed by atoms with van der Waals surface area (Å²) in [6.45, 7) is 5.06. The molecule has 1 unspecified atom stereocenters. The molecule has 0 aliphatic carbocycles. The maximum Gasteiger partial charge on any atom is 0.249 e. The fourth-order valence-electron chi connectivity index (χ4n) is 1.85. The van der Waals surface area contributed by atoms with Crippen LogP contribution in [0.25, 0.3) is 0 Å². The average Bonchev–Trinajstić information content (AvgIpc) is 2.61. The predicted molar refractivity (Wildman–Crippen MR) is 103 cm³/mol. The third kappa shape index (κ3) is 12.4. The Labute approximate surface area is 164 Å². The van der Waals surface area contributed by atoms with E-state index in [1.807, 2.05) is 0 Å². The fraction of sp³-hybridized carbons (Fsp3) is 0.765. The zero-order valence-electron chi connectivity index (χ0n) is 16.2. The van der Waals surface area contributed by atoms with Gasteiger partial charge in [0.05, 0.1) is 6.61 Å². The first kappa shape index (κ1) is 25.4. The quantitative estimate of drug-likeness (QED) is 0.251. The molecular weight excluding hydrogens is 374 g/mol. The van der Waals surface area contributed by atoms with Crippen LogP contribution >= 0.6 is 11.8 Å². The van der Waals surface area contributed by atoms with Crippen molar-refractivity contribution in [3.05, 3.63) is 0 Å². The van der Waals surface area contributed by atoms with Crippen LogP contribution in [0.2, 0.25) is 0 Å². The van der Waals surface area contributed by atoms with E-state index >= 15 is 0 Å². The zero-order chi connectivity index (χ0) is 20.9. The highest BCUT2D eigenvalue weighted by atomic mass is 32.2. The molecule has 0 aromatic carbocycles. The SMILES string of the molecule is CC(=O)NCCCC(=O)SCCNC(=O)CCNC(=O)C(O)C(C)(C)CO. The molecule has 0 rings (SSSR count). The number of carbonyl (C=O) groups excluding carboxylic acids is 4. The Hall–Kier alpha value is -1.65. The molecule has 0 aromatic rings. The van der Waals surface area contributed by atoms with Crippen molar-refractivity contribution in [2.75, 3.05) is 32.0 Å². The molecule has 0 aliphatic heterocycles. The van der Waals surface area contributed by atoms with E-state index in [-0.39, 0.29) is 36.5 Å². The molecule has 0 aliphatic rings. The van der Waals surface area contributed by atoms with Crippen molar-refractivity contribution >= 4 is 34.6 Å². The highest BCUT2D eigenvalue weighted by Crippen LogP contribution is 2.19. The highest BCUT2D eigenvalue weighted by molar-refractivity contribution is 8.13. The Morgan fingerprint density at radius 3 is 2.26 bits per heavy atom. The van der Waals surface area contributed by atoms with Crippen LogP contribution in [-0.2, 0) is 19.2 Å². The van der Waals surface area contributed by atoms with Crippen LogP contribution in [0.15, 0.2) is 0 Å². The van der Waals surface area contributed by atoms with E-state index in [9.17, 15) is 24.3 Å². The van der Waals surface area contributed by atoms with Gasteiger partial charge in [0.1, 0.15) is 6.10 Å². The van der Waals surface area contributed by atoms with Gasteiger partial charge in [0, 0.05) is 50.6 Å². The van der Waals surface area contributed by atoms with Gasteiger partial charge >= 0.3 is 0 Å². The van der Waals surface area contributed by atoms with E-state index in [1.165, 1.54) is 6.92 Å². The number of hydrogen-bond donors (Lipinski definition) is 5. The first-order valence-electron chi connectivity index (χ1n) is 8.83. The fourth-order valence-corrected chi connectivity index (χ4v) is 2.57. The number of hydrogen-bond acceptors (Lipinski definition) is 7. The molecule has 0 bridgehead atoms. The molecule has 0 radical (unpaired) electrons. The second kappa shape index (κ2) is 13.5. The van der Waals surface area contributed by atoms with E-state index in [1.54, 1.807) is 13.8 Å². The van der Waals surface area contributed by atoms with Crippen LogP contribution in [0, 0.1) is 5.41 Å². The summed E-state index contributed by atoms with van der Waals surface area (Å²) in [7, 11) is 0. The van der Waals surface area contributed by atoms with Gasteiger partial charge in [0.25, 0.3) is 0 Å². The molecule has 3 amide bonds. The largest absolute Gasteiger partial charge is 0.396 e. The van der Waals surface area contributed by atoms with Crippen molar-refractivity contribution in [2.24, 2.45) is 5.41 Å². The Balaban J connectivity index is 3.76. The number of carbonyl (C=O) groups is 4. The second-order valence-corrected chi connectivity index (χ2v) is 7.90. The van der Waals surface area contributed by atoms with Crippen LogP contribution < -0.4 is 16.0 Å². The van der Waals surface area contributed by atoms with Crippen molar-refractivity contribution in [1.82, 2.24) is 16.0 Å². The number of amides is 3. The minimum absolute atomic E-state index is 0.00218. The third-order valence-electron chi connectivity index (χ3n) is 3.67. The van der Waals surface area contributed by atoms with E-state index in [0.29, 0.717) is 31.7 Å². The standard InChI is InChI=1S/C17H31N3O6S/c1-12(22)18-7-4-5-14(24)27-10-9-19-13(23)6-8-20-16(26)15(25)17(2,3)11-21/h15,21,25H,4-11H2,1-3H3,(H,18,22)(H,19,23)(H,20,26). The molecular formula is C17H31N3O6S. The lowest BCUT2D eigenvalue weighted by Gasteiger charge is -2.27. The van der Waals surface area contributed by atoms with Gasteiger partial charge in [0.2, 0.25) is 17.7 Å². The van der Waals surface area contributed by atoms with Crippen LogP contribution in [-0.4, -0.2) is 71.1 Å². The van der Waals surface area contributed by atoms with Crippen molar-refractivity contribution in [2.45, 2.75) is 46.1 Å². The molecule has 27 heavy (non-hydrogen) atoms. The minimum atomic E-state index is -1.36. The van der Waals surface area contributed by atoms with Gasteiger partial charge < -0.3 is 26.2 Å². The molecule has 9 nitrogen and oxygen atoms in total. The third-order valence-corrected chi connectivity index (χ3v) is 4.60. The van der Waals surface area contributed by atoms with E-state index in [2.05, 4.69) is 16.0 Å². The first-order valence-corrected chi connectivity index (χ1v) is 9.82. The Morgan fingerprint density at radius 1 is 1.00 bits per heavy atom. The van der Waals surface area contributed by atoms with Gasteiger partial charge in [-0.05, 0) is 6.42 Å². The lowest BCUT2D eigenvalue weighted by Crippen LogP contribution is -2.46. The Bertz CT molecular complexity index is 513. The lowest BCUT2D eigenvalue weighted by molar-refractivity contribution is -0.137. The van der Waals surface area contributed by atoms with Crippen molar-refractivity contribution in [3.8, 4) is 0 Å². The number of nitrogens with one attached hydrogen (secondary N) is 3. The monoisotopic (exact) mass is 405 g/mol. The molecule has 0 fully saturated rings. The molecule has 10 heteroatoms. The van der Waals surface area contributed by atoms with Gasteiger partial charge in [-0.2, -0.15) is 0 Å². The van der Waals surface area contributed by atoms with E-state index in [0.717, 1.165) is 11.8 Å². The summed E-state index contributed by atoms with van der Waals surface area (Å²) in [5.74, 6) is -0.590. The number of aliphatic hydroxyl groups is 2. The van der Waals surface area contributed by atoms with Gasteiger partial charge in [-0.1, -0.05) is 25.6 Å². The van der Waals surface area contributed by atoms with Gasteiger partial charge in [-0.15, -0.1) is 0 Å². The van der Waals surface area contributed by atoms with Gasteiger partial charge in [-0.25, -0.2) is 0 Å². The summed E-state index contributed by atoms with van der Waals surface area (Å²) in [4.78, 5) is 45.7. The highest BCUT2D eigenvalue weighted by Gasteiger charge is 2.32. The second-order valence-electron chi connectivity index (χ2n) is 6.75. The maximum absolute atomic E-state index is 11.7. The molecule has 1 atom stereocenters. The summed E-state index contributed by atoms with van der Waals surface area (Å²) in [5, 5.41) is 26.6. The predicted octanol–water partition coefficient (Wildman–Crippen LogP) is -0.836. The van der Waals surface area contributed by atoms with Gasteiger partial charge in [0.15, 0.2) is 5.12 Å². The van der Waals surface area contributed by atoms with E-state index in [4.69, 9.17) is 5.11 Å². The molecule has 0 saturated carbocycles. The smallest absolute Gasteiger partial charge is 0.249 e. The normalized spacial score (nSPS) is 12.2. The summed E-state index contributed by atoms with van der Waals surface area (Å²) in [5.41, 5.74) is -0.960. The molecule has 0 saturated heterocycles. The van der Waals surface area contributed by atoms with Crippen LogP contribution in [0.1, 0.15) is 40.0 Å². The topological polar surface area (TPSA) is 145 Å². The molecule has 0 heterocycles. The molecule has 0 spiro atoms. The number of rotatable bonds is 13. The minimum Gasteiger partial charge on any atom is -0.396 e. The Morgan fingerprint density at radius 2 is 1.67 bits per heavy atom. The van der Waals surface area contributed by atoms with E-state index < -0.39 is 17.4 Å². The number of thioether (sulfide) groups is 1. The van der Waals surface area contributed by atoms with Crippen molar-refractivity contribution in [3.63, 3.8) is 0 Å². The Kier molecular flexibility index (Phi) is 12.7. The van der Waals surface area contributed by atoms with Crippen molar-refractivity contribution < 1.29 is 29.4 Å². The zero-order valence-corrected chi connectivity index (χ0v) is 17.0. The summed E-state index contributed by atoms with van der Waals surface area (Å²) >= 11 is 1.12. The van der Waals surface area contributed by atoms with Gasteiger partial charge in [-0.3, -0.25) is 19.2 Å². The summed E-state index contributed by atoms with van der Waals surface area (Å²) < 4.78 is 0. The lowest BCUT2D eigenvalue weighted by atomic mass is 9.87. The molecule has 5 N–H and O–H groups in total. The first-order chi connectivity index (χ1) is 12.6. The summed E-state index contributed by atoms with van der Waals surface area (Å²) in [6, 6.07) is 0. The number of aliphatic hydroxyl groups excluding tert-OH is 2. The maximum atomic E-state index is 11.7. The summed E-state index contributed by atoms with van der Waals surface area (Å²) in [6.07, 6.45) is -0.375. The van der Waals surface area contributed by atoms with Crippen LogP contribution in [0.4, 0.5) is 0 Å². The average molecular weight is 406 g/mol. The van der Waals surface area contributed by atoms with Crippen molar-refractivity contribution in [1.29, 1.82) is 0 Å². The molecule has 0 aromatic heterocycles. The molecule has 156 valence electrons.